The van der Waals surface area contributed by atoms with Crippen molar-refractivity contribution in [1.82, 2.24) is 0 Å². The monoisotopic (exact) mass is 296 g/mol. The van der Waals surface area contributed by atoms with Crippen molar-refractivity contribution in [1.29, 1.82) is 0 Å². The summed E-state index contributed by atoms with van der Waals surface area (Å²) in [5.41, 5.74) is 0. The second-order valence-electron chi connectivity index (χ2n) is 5.93. The number of carbonyl (C=O) groups is 1. The topological polar surface area (TPSA) is 26.3 Å². The number of hydrogen-bond donors (Lipinski definition) is 0. The van der Waals surface area contributed by atoms with Crippen molar-refractivity contribution in [2.75, 3.05) is 7.11 Å². The molecule has 0 aromatic carbocycles. The molecule has 2 nitrogen and oxygen atoms in total. The average Bonchev–Trinajstić information content (AvgIpc) is 2.50. The molecule has 0 radical (unpaired) electrons. The molecule has 0 aliphatic rings. The normalized spacial score (nSPS) is 11.1. The Bertz CT molecular complexity index is 246. The van der Waals surface area contributed by atoms with Crippen LogP contribution in [0.15, 0.2) is 12.2 Å². The predicted molar refractivity (Wildman–Crippen MR) is 91.5 cm³/mol. The molecule has 0 heterocycles. The number of carbonyl (C=O) groups excluding carboxylic acids is 1. The summed E-state index contributed by atoms with van der Waals surface area (Å²) in [7, 11) is 1.43. The van der Waals surface area contributed by atoms with Gasteiger partial charge in [-0.05, 0) is 12.8 Å². The SMILES string of the molecule is CCCCCCCCCCCCCC/C=C/CC(=O)OC. The lowest BCUT2D eigenvalue weighted by Crippen LogP contribution is -1.96. The first-order valence-electron chi connectivity index (χ1n) is 9.03. The van der Waals surface area contributed by atoms with Crippen LogP contribution in [0, 0.1) is 0 Å². The smallest absolute Gasteiger partial charge is 0.309 e. The second-order valence-corrected chi connectivity index (χ2v) is 5.93. The first-order valence-corrected chi connectivity index (χ1v) is 9.03. The molecule has 21 heavy (non-hydrogen) atoms. The zero-order valence-corrected chi connectivity index (χ0v) is 14.4. The molecule has 0 aromatic heterocycles. The summed E-state index contributed by atoms with van der Waals surface area (Å²) in [6.45, 7) is 2.27. The quantitative estimate of drug-likeness (QED) is 0.204. The van der Waals surface area contributed by atoms with E-state index in [-0.39, 0.29) is 5.97 Å². The van der Waals surface area contributed by atoms with E-state index in [2.05, 4.69) is 17.7 Å². The molecule has 0 spiro atoms. The van der Waals surface area contributed by atoms with E-state index in [1.165, 1.54) is 84.2 Å². The van der Waals surface area contributed by atoms with Crippen LogP contribution in [0.3, 0.4) is 0 Å². The fourth-order valence-electron chi connectivity index (χ4n) is 2.48. The third-order valence-electron chi connectivity index (χ3n) is 3.90. The Morgan fingerprint density at radius 1 is 0.762 bits per heavy atom. The van der Waals surface area contributed by atoms with Crippen molar-refractivity contribution in [3.8, 4) is 0 Å². The number of allylic oxidation sites excluding steroid dienone is 1. The Labute approximate surface area is 132 Å². The van der Waals surface area contributed by atoms with Crippen LogP contribution in [0.4, 0.5) is 0 Å². The fraction of sp³-hybridized carbons (Fsp3) is 0.842. The molecule has 124 valence electrons. The highest BCUT2D eigenvalue weighted by atomic mass is 16.5. The van der Waals surface area contributed by atoms with E-state index in [0.717, 1.165) is 6.42 Å². The van der Waals surface area contributed by atoms with E-state index in [0.29, 0.717) is 6.42 Å². The largest absolute Gasteiger partial charge is 0.469 e. The minimum atomic E-state index is -0.152. The highest BCUT2D eigenvalue weighted by molar-refractivity contribution is 5.70. The lowest BCUT2D eigenvalue weighted by Gasteiger charge is -2.02. The number of hydrogen-bond acceptors (Lipinski definition) is 2. The van der Waals surface area contributed by atoms with Crippen LogP contribution in [0.2, 0.25) is 0 Å². The van der Waals surface area contributed by atoms with Gasteiger partial charge in [-0.3, -0.25) is 4.79 Å². The lowest BCUT2D eigenvalue weighted by atomic mass is 10.0. The second kappa shape index (κ2) is 17.3. The molecule has 2 heteroatoms. The summed E-state index contributed by atoms with van der Waals surface area (Å²) < 4.78 is 4.58. The number of methoxy groups -OCH3 is 1. The Balaban J connectivity index is 3.07. The van der Waals surface area contributed by atoms with Crippen LogP contribution in [-0.2, 0) is 9.53 Å². The molecule has 0 fully saturated rings. The van der Waals surface area contributed by atoms with Gasteiger partial charge in [0.2, 0.25) is 0 Å². The Morgan fingerprint density at radius 2 is 1.24 bits per heavy atom. The summed E-state index contributed by atoms with van der Waals surface area (Å²) in [6, 6.07) is 0. The molecule has 0 rings (SSSR count). The van der Waals surface area contributed by atoms with Gasteiger partial charge in [0.05, 0.1) is 13.5 Å². The van der Waals surface area contributed by atoms with Gasteiger partial charge < -0.3 is 4.74 Å². The third-order valence-corrected chi connectivity index (χ3v) is 3.90. The van der Waals surface area contributed by atoms with Gasteiger partial charge in [-0.25, -0.2) is 0 Å². The molecule has 0 N–H and O–H groups in total. The van der Waals surface area contributed by atoms with E-state index < -0.39 is 0 Å². The van der Waals surface area contributed by atoms with Gasteiger partial charge in [0.1, 0.15) is 0 Å². The summed E-state index contributed by atoms with van der Waals surface area (Å²) >= 11 is 0. The van der Waals surface area contributed by atoms with Gasteiger partial charge in [0.25, 0.3) is 0 Å². The van der Waals surface area contributed by atoms with Crippen molar-refractivity contribution < 1.29 is 9.53 Å². The van der Waals surface area contributed by atoms with Crippen molar-refractivity contribution >= 4 is 5.97 Å². The van der Waals surface area contributed by atoms with Gasteiger partial charge in [-0.1, -0.05) is 89.7 Å². The minimum absolute atomic E-state index is 0.152. The van der Waals surface area contributed by atoms with Crippen molar-refractivity contribution in [2.24, 2.45) is 0 Å². The van der Waals surface area contributed by atoms with Crippen LogP contribution in [0.25, 0.3) is 0 Å². The summed E-state index contributed by atoms with van der Waals surface area (Å²) in [5, 5.41) is 0. The predicted octanol–water partition coefficient (Wildman–Crippen LogP) is 6.20. The molecule has 0 saturated carbocycles. The number of ether oxygens (including phenoxy) is 1. The van der Waals surface area contributed by atoms with E-state index in [9.17, 15) is 4.79 Å². The molecule has 0 aliphatic carbocycles. The maximum atomic E-state index is 10.9. The first kappa shape index (κ1) is 20.2. The minimum Gasteiger partial charge on any atom is -0.469 e. The molecular weight excluding hydrogens is 260 g/mol. The lowest BCUT2D eigenvalue weighted by molar-refractivity contribution is -0.139. The highest BCUT2D eigenvalue weighted by Gasteiger charge is 1.94. The van der Waals surface area contributed by atoms with Crippen LogP contribution in [-0.4, -0.2) is 13.1 Å². The summed E-state index contributed by atoms with van der Waals surface area (Å²) in [4.78, 5) is 10.9. The molecule has 0 atom stereocenters. The van der Waals surface area contributed by atoms with Crippen molar-refractivity contribution in [3.63, 3.8) is 0 Å². The molecular formula is C19H36O2. The average molecular weight is 296 g/mol. The van der Waals surface area contributed by atoms with Crippen LogP contribution < -0.4 is 0 Å². The zero-order valence-electron chi connectivity index (χ0n) is 14.4. The van der Waals surface area contributed by atoms with E-state index >= 15 is 0 Å². The van der Waals surface area contributed by atoms with E-state index in [4.69, 9.17) is 0 Å². The van der Waals surface area contributed by atoms with Crippen LogP contribution in [0.5, 0.6) is 0 Å². The van der Waals surface area contributed by atoms with Gasteiger partial charge >= 0.3 is 5.97 Å². The molecule has 0 saturated heterocycles. The fourth-order valence-corrected chi connectivity index (χ4v) is 2.48. The highest BCUT2D eigenvalue weighted by Crippen LogP contribution is 2.12. The Kier molecular flexibility index (Phi) is 16.6. The van der Waals surface area contributed by atoms with Gasteiger partial charge in [-0.2, -0.15) is 0 Å². The Hall–Kier alpha value is -0.790. The third kappa shape index (κ3) is 17.2. The zero-order chi connectivity index (χ0) is 15.6. The van der Waals surface area contributed by atoms with Gasteiger partial charge in [-0.15, -0.1) is 0 Å². The number of esters is 1. The number of unbranched alkanes of at least 4 members (excludes halogenated alkanes) is 12. The maximum Gasteiger partial charge on any atom is 0.309 e. The van der Waals surface area contributed by atoms with Gasteiger partial charge in [0.15, 0.2) is 0 Å². The molecule has 0 amide bonds. The first-order chi connectivity index (χ1) is 10.3. The van der Waals surface area contributed by atoms with Crippen molar-refractivity contribution in [2.45, 2.75) is 96.8 Å². The Morgan fingerprint density at radius 3 is 1.71 bits per heavy atom. The molecule has 0 aromatic rings. The van der Waals surface area contributed by atoms with Crippen LogP contribution in [0.1, 0.15) is 96.8 Å². The van der Waals surface area contributed by atoms with Gasteiger partial charge in [0, 0.05) is 0 Å². The molecule has 0 unspecified atom stereocenters. The van der Waals surface area contributed by atoms with E-state index in [1.54, 1.807) is 0 Å². The summed E-state index contributed by atoms with van der Waals surface area (Å²) in [5.74, 6) is -0.152. The molecule has 0 aliphatic heterocycles. The van der Waals surface area contributed by atoms with Crippen LogP contribution >= 0.6 is 0 Å². The maximum absolute atomic E-state index is 10.9. The van der Waals surface area contributed by atoms with E-state index in [1.807, 2.05) is 6.08 Å². The number of rotatable bonds is 15. The standard InChI is InChI=1S/C19H36O2/c1-3-4-5-6-7-8-9-10-11-12-13-14-15-16-17-18-19(20)21-2/h16-17H,3-15,18H2,1-2H3/b17-16+. The van der Waals surface area contributed by atoms with Crippen molar-refractivity contribution in [3.05, 3.63) is 12.2 Å². The summed E-state index contributed by atoms with van der Waals surface area (Å²) in [6.07, 6.45) is 22.2. The molecule has 0 bridgehead atoms.